The third-order valence-corrected chi connectivity index (χ3v) is 3.85. The Morgan fingerprint density at radius 1 is 1.41 bits per heavy atom. The van der Waals surface area contributed by atoms with Crippen LogP contribution < -0.4 is 5.32 Å². The van der Waals surface area contributed by atoms with Crippen molar-refractivity contribution in [2.24, 2.45) is 7.05 Å². The van der Waals surface area contributed by atoms with Gasteiger partial charge in [-0.05, 0) is 31.4 Å². The van der Waals surface area contributed by atoms with Crippen molar-refractivity contribution in [1.82, 2.24) is 9.88 Å². The SMILES string of the molecule is Cn1cc(CNC2(C)CCCCC2)cc1C#N. The zero-order valence-electron chi connectivity index (χ0n) is 10.8. The van der Waals surface area contributed by atoms with Gasteiger partial charge in [-0.15, -0.1) is 0 Å². The summed E-state index contributed by atoms with van der Waals surface area (Å²) in [6, 6.07) is 4.17. The van der Waals surface area contributed by atoms with Gasteiger partial charge in [0.2, 0.25) is 0 Å². The van der Waals surface area contributed by atoms with Crippen LogP contribution in [0.3, 0.4) is 0 Å². The third kappa shape index (κ3) is 2.89. The van der Waals surface area contributed by atoms with Gasteiger partial charge in [-0.1, -0.05) is 19.3 Å². The highest BCUT2D eigenvalue weighted by Crippen LogP contribution is 2.27. The molecule has 92 valence electrons. The van der Waals surface area contributed by atoms with Crippen molar-refractivity contribution in [1.29, 1.82) is 5.26 Å². The van der Waals surface area contributed by atoms with Crippen molar-refractivity contribution in [3.05, 3.63) is 23.5 Å². The standard InChI is InChI=1S/C14H21N3/c1-14(6-4-3-5-7-14)16-10-12-8-13(9-15)17(2)11-12/h8,11,16H,3-7,10H2,1-2H3. The van der Waals surface area contributed by atoms with Gasteiger partial charge in [0.05, 0.1) is 0 Å². The molecule has 3 nitrogen and oxygen atoms in total. The largest absolute Gasteiger partial charge is 0.342 e. The Morgan fingerprint density at radius 2 is 2.12 bits per heavy atom. The molecule has 1 N–H and O–H groups in total. The minimum Gasteiger partial charge on any atom is -0.342 e. The lowest BCUT2D eigenvalue weighted by molar-refractivity contribution is 0.252. The summed E-state index contributed by atoms with van der Waals surface area (Å²) in [6.07, 6.45) is 8.62. The molecule has 0 radical (unpaired) electrons. The van der Waals surface area contributed by atoms with E-state index in [-0.39, 0.29) is 0 Å². The first-order valence-corrected chi connectivity index (χ1v) is 6.43. The zero-order chi connectivity index (χ0) is 12.3. The summed E-state index contributed by atoms with van der Waals surface area (Å²) < 4.78 is 1.89. The molecule has 1 aromatic rings. The summed E-state index contributed by atoms with van der Waals surface area (Å²) in [4.78, 5) is 0. The van der Waals surface area contributed by atoms with E-state index < -0.39 is 0 Å². The molecule has 2 rings (SSSR count). The molecular weight excluding hydrogens is 210 g/mol. The van der Waals surface area contributed by atoms with E-state index in [0.29, 0.717) is 5.54 Å². The van der Waals surface area contributed by atoms with E-state index in [4.69, 9.17) is 5.26 Å². The molecule has 1 aromatic heterocycles. The van der Waals surface area contributed by atoms with Crippen molar-refractivity contribution in [2.75, 3.05) is 0 Å². The van der Waals surface area contributed by atoms with Gasteiger partial charge in [-0.2, -0.15) is 5.26 Å². The summed E-state index contributed by atoms with van der Waals surface area (Å²) in [5.74, 6) is 0. The second-order valence-electron chi connectivity index (χ2n) is 5.43. The van der Waals surface area contributed by atoms with Crippen molar-refractivity contribution in [3.8, 4) is 6.07 Å². The average molecular weight is 231 g/mol. The number of nitrogens with zero attached hydrogens (tertiary/aromatic N) is 2. The average Bonchev–Trinajstić information content (AvgIpc) is 2.68. The molecule has 1 fully saturated rings. The molecule has 0 aliphatic heterocycles. The van der Waals surface area contributed by atoms with Crippen LogP contribution in [0.4, 0.5) is 0 Å². The lowest BCUT2D eigenvalue weighted by Gasteiger charge is -2.34. The molecule has 17 heavy (non-hydrogen) atoms. The number of nitriles is 1. The van der Waals surface area contributed by atoms with Crippen molar-refractivity contribution < 1.29 is 0 Å². The number of nitrogens with one attached hydrogen (secondary N) is 1. The van der Waals surface area contributed by atoms with Crippen molar-refractivity contribution in [3.63, 3.8) is 0 Å². The topological polar surface area (TPSA) is 40.8 Å². The van der Waals surface area contributed by atoms with Gasteiger partial charge in [0.15, 0.2) is 0 Å². The Hall–Kier alpha value is -1.27. The first-order chi connectivity index (χ1) is 8.13. The first kappa shape index (κ1) is 12.2. The summed E-state index contributed by atoms with van der Waals surface area (Å²) in [7, 11) is 1.92. The van der Waals surface area contributed by atoms with Gasteiger partial charge in [-0.25, -0.2) is 0 Å². The van der Waals surface area contributed by atoms with Crippen molar-refractivity contribution >= 4 is 0 Å². The van der Waals surface area contributed by atoms with E-state index in [9.17, 15) is 0 Å². The van der Waals surface area contributed by atoms with Crippen LogP contribution in [0.15, 0.2) is 12.3 Å². The molecule has 3 heteroatoms. The quantitative estimate of drug-likeness (QED) is 0.869. The predicted octanol–water partition coefficient (Wildman–Crippen LogP) is 2.71. The fraction of sp³-hybridized carbons (Fsp3) is 0.643. The molecule has 0 saturated heterocycles. The first-order valence-electron chi connectivity index (χ1n) is 6.43. The van der Waals surface area contributed by atoms with Gasteiger partial charge >= 0.3 is 0 Å². The summed E-state index contributed by atoms with van der Waals surface area (Å²) in [6.45, 7) is 3.19. The molecule has 0 spiro atoms. The van der Waals surface area contributed by atoms with E-state index in [2.05, 4.69) is 18.3 Å². The van der Waals surface area contributed by atoms with E-state index >= 15 is 0 Å². The maximum Gasteiger partial charge on any atom is 0.120 e. The molecular formula is C14H21N3. The smallest absolute Gasteiger partial charge is 0.120 e. The minimum absolute atomic E-state index is 0.293. The Bertz CT molecular complexity index is 419. The fourth-order valence-electron chi connectivity index (χ4n) is 2.67. The van der Waals surface area contributed by atoms with Gasteiger partial charge in [0.1, 0.15) is 11.8 Å². The second kappa shape index (κ2) is 4.93. The normalized spacial score (nSPS) is 18.9. The Labute approximate surface area is 103 Å². The minimum atomic E-state index is 0.293. The lowest BCUT2D eigenvalue weighted by atomic mass is 9.83. The van der Waals surface area contributed by atoms with Crippen molar-refractivity contribution in [2.45, 2.75) is 51.1 Å². The Morgan fingerprint density at radius 3 is 2.71 bits per heavy atom. The molecule has 0 bridgehead atoms. The molecule has 0 atom stereocenters. The number of hydrogen-bond donors (Lipinski definition) is 1. The van der Waals surface area contributed by atoms with Crippen LogP contribution in [0, 0.1) is 11.3 Å². The van der Waals surface area contributed by atoms with Crippen LogP contribution >= 0.6 is 0 Å². The van der Waals surface area contributed by atoms with E-state index in [1.165, 1.54) is 37.7 Å². The van der Waals surface area contributed by atoms with Gasteiger partial charge in [0, 0.05) is 25.3 Å². The third-order valence-electron chi connectivity index (χ3n) is 3.85. The molecule has 1 aliphatic carbocycles. The molecule has 1 aliphatic rings. The highest BCUT2D eigenvalue weighted by molar-refractivity contribution is 5.28. The van der Waals surface area contributed by atoms with Gasteiger partial charge in [-0.3, -0.25) is 0 Å². The van der Waals surface area contributed by atoms with Crippen LogP contribution in [0.5, 0.6) is 0 Å². The van der Waals surface area contributed by atoms with E-state index in [0.717, 1.165) is 12.2 Å². The fourth-order valence-corrected chi connectivity index (χ4v) is 2.67. The highest BCUT2D eigenvalue weighted by atomic mass is 15.0. The number of rotatable bonds is 3. The van der Waals surface area contributed by atoms with Gasteiger partial charge in [0.25, 0.3) is 0 Å². The Balaban J connectivity index is 1.95. The maximum absolute atomic E-state index is 8.91. The Kier molecular flexibility index (Phi) is 3.54. The molecule has 1 heterocycles. The zero-order valence-corrected chi connectivity index (χ0v) is 10.8. The number of aromatic nitrogens is 1. The lowest BCUT2D eigenvalue weighted by Crippen LogP contribution is -2.43. The van der Waals surface area contributed by atoms with Crippen LogP contribution in [0.2, 0.25) is 0 Å². The van der Waals surface area contributed by atoms with Crippen LogP contribution in [-0.4, -0.2) is 10.1 Å². The highest BCUT2D eigenvalue weighted by Gasteiger charge is 2.25. The maximum atomic E-state index is 8.91. The summed E-state index contributed by atoms with van der Waals surface area (Å²) in [5.41, 5.74) is 2.23. The number of hydrogen-bond acceptors (Lipinski definition) is 2. The van der Waals surface area contributed by atoms with Crippen LogP contribution in [0.1, 0.15) is 50.3 Å². The summed E-state index contributed by atoms with van der Waals surface area (Å²) >= 11 is 0. The van der Waals surface area contributed by atoms with Gasteiger partial charge < -0.3 is 9.88 Å². The van der Waals surface area contributed by atoms with Crippen LogP contribution in [0.25, 0.3) is 0 Å². The monoisotopic (exact) mass is 231 g/mol. The molecule has 0 unspecified atom stereocenters. The molecule has 0 aromatic carbocycles. The summed E-state index contributed by atoms with van der Waals surface area (Å²) in [5, 5.41) is 12.6. The van der Waals surface area contributed by atoms with Crippen LogP contribution in [-0.2, 0) is 13.6 Å². The van der Waals surface area contributed by atoms with E-state index in [1.807, 2.05) is 23.9 Å². The molecule has 1 saturated carbocycles. The predicted molar refractivity (Wildman–Crippen MR) is 68.5 cm³/mol. The second-order valence-corrected chi connectivity index (χ2v) is 5.43. The number of aryl methyl sites for hydroxylation is 1. The van der Waals surface area contributed by atoms with E-state index in [1.54, 1.807) is 0 Å². The molecule has 0 amide bonds.